The Kier molecular flexibility index (Phi) is 3.14. The fourth-order valence-corrected chi connectivity index (χ4v) is 1.97. The number of hydrogen-bond donors (Lipinski definition) is 2. The van der Waals surface area contributed by atoms with Gasteiger partial charge < -0.3 is 20.5 Å². The van der Waals surface area contributed by atoms with E-state index in [4.69, 9.17) is 15.2 Å². The van der Waals surface area contributed by atoms with E-state index in [0.717, 1.165) is 35.0 Å². The van der Waals surface area contributed by atoms with Crippen LogP contribution in [0.25, 0.3) is 0 Å². The maximum atomic E-state index is 5.66. The van der Waals surface area contributed by atoms with E-state index >= 15 is 0 Å². The molecule has 0 atom stereocenters. The minimum Gasteiger partial charge on any atom is -0.490 e. The highest BCUT2D eigenvalue weighted by Gasteiger charge is 2.10. The number of rotatable bonds is 2. The Hall–Kier alpha value is -2.36. The Morgan fingerprint density at radius 2 is 1.53 bits per heavy atom. The molecular weight excluding hydrogens is 240 g/mol. The Balaban J connectivity index is 1.81. The number of nitrogen functional groups attached to an aromatic ring is 1. The molecule has 1 aliphatic heterocycles. The van der Waals surface area contributed by atoms with Gasteiger partial charge in [-0.3, -0.25) is 0 Å². The number of benzene rings is 2. The Morgan fingerprint density at radius 1 is 0.842 bits per heavy atom. The van der Waals surface area contributed by atoms with Crippen LogP contribution in [-0.4, -0.2) is 13.2 Å². The number of anilines is 3. The maximum absolute atomic E-state index is 5.66. The van der Waals surface area contributed by atoms with Gasteiger partial charge in [0.2, 0.25) is 0 Å². The zero-order valence-electron chi connectivity index (χ0n) is 10.6. The molecular formula is C15H16N2O2. The minimum atomic E-state index is 0.693. The Bertz CT molecular complexity index is 567. The van der Waals surface area contributed by atoms with E-state index in [1.165, 1.54) is 0 Å². The van der Waals surface area contributed by atoms with Gasteiger partial charge in [0.1, 0.15) is 0 Å². The second-order valence-electron chi connectivity index (χ2n) is 4.46. The van der Waals surface area contributed by atoms with Crippen molar-refractivity contribution in [3.05, 3.63) is 42.5 Å². The highest BCUT2D eigenvalue weighted by atomic mass is 16.5. The molecule has 0 aromatic heterocycles. The van der Waals surface area contributed by atoms with Crippen molar-refractivity contribution in [1.82, 2.24) is 0 Å². The predicted molar refractivity (Wildman–Crippen MR) is 76.2 cm³/mol. The first-order chi connectivity index (χ1) is 9.31. The molecule has 0 fully saturated rings. The lowest BCUT2D eigenvalue weighted by Crippen LogP contribution is -1.97. The zero-order valence-corrected chi connectivity index (χ0v) is 10.6. The van der Waals surface area contributed by atoms with Gasteiger partial charge in [0.25, 0.3) is 0 Å². The van der Waals surface area contributed by atoms with Crippen molar-refractivity contribution < 1.29 is 9.47 Å². The summed E-state index contributed by atoms with van der Waals surface area (Å²) in [5.41, 5.74) is 8.37. The van der Waals surface area contributed by atoms with Crippen molar-refractivity contribution in [3.63, 3.8) is 0 Å². The fraction of sp³-hybridized carbons (Fsp3) is 0.200. The largest absolute Gasteiger partial charge is 0.490 e. The highest BCUT2D eigenvalue weighted by molar-refractivity contribution is 5.64. The predicted octanol–water partition coefficient (Wildman–Crippen LogP) is 3.17. The van der Waals surface area contributed by atoms with Crippen LogP contribution in [0.1, 0.15) is 6.42 Å². The molecule has 0 unspecified atom stereocenters. The molecule has 0 saturated heterocycles. The van der Waals surface area contributed by atoms with Gasteiger partial charge >= 0.3 is 0 Å². The lowest BCUT2D eigenvalue weighted by molar-refractivity contribution is 0.297. The van der Waals surface area contributed by atoms with Crippen molar-refractivity contribution >= 4 is 17.1 Å². The molecule has 0 bridgehead atoms. The quantitative estimate of drug-likeness (QED) is 0.810. The van der Waals surface area contributed by atoms with E-state index in [2.05, 4.69) is 5.32 Å². The van der Waals surface area contributed by atoms with Gasteiger partial charge in [-0.1, -0.05) is 0 Å². The van der Waals surface area contributed by atoms with Crippen molar-refractivity contribution in [2.45, 2.75) is 6.42 Å². The maximum Gasteiger partial charge on any atom is 0.163 e. The number of nitrogens with one attached hydrogen (secondary N) is 1. The molecule has 0 amide bonds. The van der Waals surface area contributed by atoms with E-state index in [1.807, 2.05) is 42.5 Å². The Morgan fingerprint density at radius 3 is 2.32 bits per heavy atom. The molecule has 0 saturated carbocycles. The first-order valence-corrected chi connectivity index (χ1v) is 6.33. The highest BCUT2D eigenvalue weighted by Crippen LogP contribution is 2.33. The summed E-state index contributed by atoms with van der Waals surface area (Å²) in [5, 5.41) is 3.31. The molecule has 98 valence electrons. The van der Waals surface area contributed by atoms with E-state index < -0.39 is 0 Å². The first-order valence-electron chi connectivity index (χ1n) is 6.33. The lowest BCUT2D eigenvalue weighted by Gasteiger charge is -2.11. The molecule has 3 N–H and O–H groups in total. The first kappa shape index (κ1) is 11.7. The molecule has 19 heavy (non-hydrogen) atoms. The summed E-state index contributed by atoms with van der Waals surface area (Å²) < 4.78 is 11.3. The summed E-state index contributed by atoms with van der Waals surface area (Å²) >= 11 is 0. The molecule has 0 radical (unpaired) electrons. The van der Waals surface area contributed by atoms with Crippen molar-refractivity contribution in [3.8, 4) is 11.5 Å². The molecule has 4 heteroatoms. The molecule has 1 aliphatic rings. The standard InChI is InChI=1S/C15H16N2O2/c16-11-2-4-12(5-3-11)17-13-6-7-14-15(10-13)19-9-1-8-18-14/h2-7,10,17H,1,8-9,16H2. The molecule has 2 aromatic carbocycles. The number of nitrogens with two attached hydrogens (primary N) is 1. The smallest absolute Gasteiger partial charge is 0.163 e. The summed E-state index contributed by atoms with van der Waals surface area (Å²) in [7, 11) is 0. The van der Waals surface area contributed by atoms with Crippen LogP contribution in [0.3, 0.4) is 0 Å². The molecule has 0 spiro atoms. The molecule has 0 aliphatic carbocycles. The summed E-state index contributed by atoms with van der Waals surface area (Å²) in [6.45, 7) is 1.40. The number of hydrogen-bond acceptors (Lipinski definition) is 4. The summed E-state index contributed by atoms with van der Waals surface area (Å²) in [5.74, 6) is 1.60. The van der Waals surface area contributed by atoms with E-state index in [1.54, 1.807) is 0 Å². The second-order valence-corrected chi connectivity index (χ2v) is 4.46. The number of fused-ring (bicyclic) bond motifs is 1. The average molecular weight is 256 g/mol. The normalized spacial score (nSPS) is 13.7. The van der Waals surface area contributed by atoms with Gasteiger partial charge in [-0.2, -0.15) is 0 Å². The monoisotopic (exact) mass is 256 g/mol. The van der Waals surface area contributed by atoms with Crippen LogP contribution in [0.15, 0.2) is 42.5 Å². The van der Waals surface area contributed by atoms with Gasteiger partial charge in [0, 0.05) is 29.5 Å². The second kappa shape index (κ2) is 5.10. The summed E-state index contributed by atoms with van der Waals surface area (Å²) in [6, 6.07) is 13.5. The Labute approximate surface area is 112 Å². The van der Waals surface area contributed by atoms with Crippen molar-refractivity contribution in [2.75, 3.05) is 24.3 Å². The van der Waals surface area contributed by atoms with Crippen LogP contribution < -0.4 is 20.5 Å². The van der Waals surface area contributed by atoms with Gasteiger partial charge in [0.05, 0.1) is 13.2 Å². The van der Waals surface area contributed by atoms with Gasteiger partial charge in [-0.25, -0.2) is 0 Å². The number of ether oxygens (including phenoxy) is 2. The fourth-order valence-electron chi connectivity index (χ4n) is 1.97. The van der Waals surface area contributed by atoms with Crippen LogP contribution in [-0.2, 0) is 0 Å². The topological polar surface area (TPSA) is 56.5 Å². The zero-order chi connectivity index (χ0) is 13.1. The van der Waals surface area contributed by atoms with Gasteiger partial charge in [0.15, 0.2) is 11.5 Å². The minimum absolute atomic E-state index is 0.693. The average Bonchev–Trinajstić information content (AvgIpc) is 2.66. The van der Waals surface area contributed by atoms with Crippen molar-refractivity contribution in [2.24, 2.45) is 0 Å². The molecule has 3 rings (SSSR count). The van der Waals surface area contributed by atoms with E-state index in [9.17, 15) is 0 Å². The van der Waals surface area contributed by atoms with Crippen LogP contribution in [0, 0.1) is 0 Å². The summed E-state index contributed by atoms with van der Waals surface area (Å²) in [4.78, 5) is 0. The SMILES string of the molecule is Nc1ccc(Nc2ccc3c(c2)OCCCO3)cc1. The van der Waals surface area contributed by atoms with Crippen LogP contribution >= 0.6 is 0 Å². The van der Waals surface area contributed by atoms with Crippen LogP contribution in [0.2, 0.25) is 0 Å². The molecule has 1 heterocycles. The van der Waals surface area contributed by atoms with E-state index in [0.29, 0.717) is 13.2 Å². The van der Waals surface area contributed by atoms with Gasteiger partial charge in [-0.15, -0.1) is 0 Å². The molecule has 2 aromatic rings. The van der Waals surface area contributed by atoms with Crippen LogP contribution in [0.5, 0.6) is 11.5 Å². The lowest BCUT2D eigenvalue weighted by atomic mass is 10.2. The van der Waals surface area contributed by atoms with Gasteiger partial charge in [-0.05, 0) is 36.4 Å². The summed E-state index contributed by atoms with van der Waals surface area (Å²) in [6.07, 6.45) is 0.912. The third-order valence-electron chi connectivity index (χ3n) is 2.95. The molecule has 4 nitrogen and oxygen atoms in total. The van der Waals surface area contributed by atoms with Crippen molar-refractivity contribution in [1.29, 1.82) is 0 Å². The third-order valence-corrected chi connectivity index (χ3v) is 2.95. The van der Waals surface area contributed by atoms with Crippen LogP contribution in [0.4, 0.5) is 17.1 Å². The van der Waals surface area contributed by atoms with E-state index in [-0.39, 0.29) is 0 Å². The third kappa shape index (κ3) is 2.73.